The van der Waals surface area contributed by atoms with Gasteiger partial charge < -0.3 is 8.98 Å². The van der Waals surface area contributed by atoms with Crippen molar-refractivity contribution in [3.05, 3.63) is 91.0 Å². The minimum absolute atomic E-state index is 0.927. The molecule has 0 spiro atoms. The number of furan rings is 1. The Labute approximate surface area is 163 Å². The largest absolute Gasteiger partial charge is 0.455 e. The van der Waals surface area contributed by atoms with Crippen LogP contribution in [0.3, 0.4) is 0 Å². The van der Waals surface area contributed by atoms with Gasteiger partial charge in [-0.15, -0.1) is 0 Å². The highest BCUT2D eigenvalue weighted by atomic mass is 16.3. The lowest BCUT2D eigenvalue weighted by atomic mass is 10.1. The van der Waals surface area contributed by atoms with Gasteiger partial charge in [0.1, 0.15) is 11.2 Å². The molecule has 2 nitrogen and oxygen atoms in total. The van der Waals surface area contributed by atoms with Gasteiger partial charge in [-0.3, -0.25) is 0 Å². The zero-order valence-electron chi connectivity index (χ0n) is 16.1. The Hall–Kier alpha value is -3.52. The zero-order chi connectivity index (χ0) is 19.3. The zero-order valence-corrected chi connectivity index (χ0v) is 16.1. The maximum absolute atomic E-state index is 6.34. The number of hydrogen-bond acceptors (Lipinski definition) is 1. The number of aromatic nitrogens is 1. The van der Waals surface area contributed by atoms with Gasteiger partial charge in [-0.25, -0.2) is 0 Å². The summed E-state index contributed by atoms with van der Waals surface area (Å²) in [6.45, 7) is 8.01. The molecule has 0 atom stereocenters. The van der Waals surface area contributed by atoms with Crippen LogP contribution >= 0.6 is 0 Å². The minimum Gasteiger partial charge on any atom is -0.455 e. The van der Waals surface area contributed by atoms with Gasteiger partial charge in [-0.05, 0) is 49.8 Å². The van der Waals surface area contributed by atoms with Crippen LogP contribution in [0.15, 0.2) is 89.9 Å². The lowest BCUT2D eigenvalue weighted by Gasteiger charge is -2.08. The molecule has 0 fully saturated rings. The van der Waals surface area contributed by atoms with Crippen LogP contribution in [0.2, 0.25) is 0 Å². The fourth-order valence-corrected chi connectivity index (χ4v) is 4.14. The molecule has 0 radical (unpaired) electrons. The number of hydrogen-bond donors (Lipinski definition) is 0. The van der Waals surface area contributed by atoms with E-state index in [-0.39, 0.29) is 0 Å². The lowest BCUT2D eigenvalue weighted by Crippen LogP contribution is -1.94. The van der Waals surface area contributed by atoms with E-state index in [9.17, 15) is 0 Å². The van der Waals surface area contributed by atoms with Gasteiger partial charge in [0.15, 0.2) is 0 Å². The first kappa shape index (κ1) is 16.6. The normalized spacial score (nSPS) is 12.9. The molecule has 136 valence electrons. The molecule has 0 aliphatic rings. The molecular formula is C26H21NO. The Morgan fingerprint density at radius 3 is 2.61 bits per heavy atom. The smallest absolute Gasteiger partial charge is 0.145 e. The first-order chi connectivity index (χ1) is 13.7. The molecule has 5 rings (SSSR count). The van der Waals surface area contributed by atoms with E-state index in [0.717, 1.165) is 38.5 Å². The van der Waals surface area contributed by atoms with E-state index >= 15 is 0 Å². The molecule has 3 aromatic carbocycles. The molecule has 0 saturated heterocycles. The highest BCUT2D eigenvalue weighted by Gasteiger charge is 2.18. The van der Waals surface area contributed by atoms with Crippen molar-refractivity contribution in [1.29, 1.82) is 0 Å². The van der Waals surface area contributed by atoms with Crippen molar-refractivity contribution in [3.8, 4) is 0 Å². The average Bonchev–Trinajstić information content (AvgIpc) is 3.24. The fraction of sp³-hybridized carbons (Fsp3) is 0.0769. The van der Waals surface area contributed by atoms with Crippen molar-refractivity contribution in [2.24, 2.45) is 0 Å². The molecular weight excluding hydrogens is 342 g/mol. The van der Waals surface area contributed by atoms with Crippen LogP contribution in [0, 0.1) is 6.92 Å². The third-order valence-electron chi connectivity index (χ3n) is 5.39. The molecule has 5 aromatic rings. The summed E-state index contributed by atoms with van der Waals surface area (Å²) in [5.41, 5.74) is 6.56. The number of rotatable bonds is 3. The Morgan fingerprint density at radius 1 is 0.964 bits per heavy atom. The van der Waals surface area contributed by atoms with Crippen LogP contribution in [0.1, 0.15) is 12.5 Å². The first-order valence-electron chi connectivity index (χ1n) is 9.53. The summed E-state index contributed by atoms with van der Waals surface area (Å²) in [6, 6.07) is 19.3. The second-order valence-corrected chi connectivity index (χ2v) is 7.10. The Morgan fingerprint density at radius 2 is 1.79 bits per heavy atom. The first-order valence-corrected chi connectivity index (χ1v) is 9.53. The molecule has 2 heteroatoms. The summed E-state index contributed by atoms with van der Waals surface area (Å²) in [7, 11) is 0. The van der Waals surface area contributed by atoms with Crippen molar-refractivity contribution in [3.63, 3.8) is 0 Å². The number of benzene rings is 3. The van der Waals surface area contributed by atoms with Gasteiger partial charge in [0.05, 0.1) is 16.4 Å². The summed E-state index contributed by atoms with van der Waals surface area (Å²) in [4.78, 5) is 0. The minimum atomic E-state index is 0.927. The molecule has 0 N–H and O–H groups in total. The van der Waals surface area contributed by atoms with Crippen LogP contribution in [0.25, 0.3) is 49.4 Å². The van der Waals surface area contributed by atoms with Gasteiger partial charge >= 0.3 is 0 Å². The fourth-order valence-electron chi connectivity index (χ4n) is 4.14. The van der Waals surface area contributed by atoms with E-state index in [4.69, 9.17) is 4.42 Å². The SMILES string of the molecule is C=C/C=C\C(=C/C)n1c2cc(C)ccc2c2c3oc4ccccc4c3ccc21. The van der Waals surface area contributed by atoms with Crippen LogP contribution in [-0.2, 0) is 0 Å². The van der Waals surface area contributed by atoms with Gasteiger partial charge in [0, 0.05) is 21.9 Å². The average molecular weight is 363 g/mol. The second-order valence-electron chi connectivity index (χ2n) is 7.10. The standard InChI is InChI=1S/C26H21NO/c1-4-6-9-18(5-2)27-22-15-14-20-19-10-7-8-11-24(19)28-26(20)25(22)21-13-12-17(3)16-23(21)27/h4-16H,1H2,2-3H3/b9-6-,18-5+. The second kappa shape index (κ2) is 6.28. The number of fused-ring (bicyclic) bond motifs is 7. The molecule has 2 heterocycles. The Kier molecular flexibility index (Phi) is 3.73. The highest BCUT2D eigenvalue weighted by molar-refractivity contribution is 6.24. The van der Waals surface area contributed by atoms with Gasteiger partial charge in [-0.1, -0.05) is 55.1 Å². The number of nitrogens with zero attached hydrogens (tertiary/aromatic N) is 1. The van der Waals surface area contributed by atoms with E-state index in [1.54, 1.807) is 6.08 Å². The van der Waals surface area contributed by atoms with Crippen molar-refractivity contribution < 1.29 is 4.42 Å². The molecule has 28 heavy (non-hydrogen) atoms. The van der Waals surface area contributed by atoms with Crippen molar-refractivity contribution in [1.82, 2.24) is 4.57 Å². The summed E-state index contributed by atoms with van der Waals surface area (Å²) in [5.74, 6) is 0. The van der Waals surface area contributed by atoms with Crippen molar-refractivity contribution >= 4 is 49.4 Å². The maximum atomic E-state index is 6.34. The molecule has 2 aromatic heterocycles. The highest BCUT2D eigenvalue weighted by Crippen LogP contribution is 2.40. The van der Waals surface area contributed by atoms with Crippen molar-refractivity contribution in [2.45, 2.75) is 13.8 Å². The third kappa shape index (κ3) is 2.28. The molecule has 0 aliphatic carbocycles. The monoisotopic (exact) mass is 363 g/mol. The predicted molar refractivity (Wildman–Crippen MR) is 121 cm³/mol. The third-order valence-corrected chi connectivity index (χ3v) is 5.39. The number of allylic oxidation sites excluding steroid dienone is 5. The number of aryl methyl sites for hydroxylation is 1. The predicted octanol–water partition coefficient (Wildman–Crippen LogP) is 7.61. The quantitative estimate of drug-likeness (QED) is 0.302. The van der Waals surface area contributed by atoms with E-state index in [1.165, 1.54) is 16.5 Å². The van der Waals surface area contributed by atoms with Gasteiger partial charge in [-0.2, -0.15) is 0 Å². The van der Waals surface area contributed by atoms with E-state index < -0.39 is 0 Å². The maximum Gasteiger partial charge on any atom is 0.145 e. The Balaban J connectivity index is 2.01. The van der Waals surface area contributed by atoms with Gasteiger partial charge in [0.25, 0.3) is 0 Å². The summed E-state index contributed by atoms with van der Waals surface area (Å²) >= 11 is 0. The summed E-state index contributed by atoms with van der Waals surface area (Å²) in [6.07, 6.45) is 8.00. The lowest BCUT2D eigenvalue weighted by molar-refractivity contribution is 0.673. The van der Waals surface area contributed by atoms with E-state index in [0.29, 0.717) is 0 Å². The summed E-state index contributed by atoms with van der Waals surface area (Å²) in [5, 5.41) is 4.68. The van der Waals surface area contributed by atoms with E-state index in [2.05, 4.69) is 79.6 Å². The van der Waals surface area contributed by atoms with Crippen LogP contribution in [0.4, 0.5) is 0 Å². The number of para-hydroxylation sites is 1. The van der Waals surface area contributed by atoms with Crippen molar-refractivity contribution in [2.75, 3.05) is 0 Å². The van der Waals surface area contributed by atoms with E-state index in [1.807, 2.05) is 18.2 Å². The molecule has 0 saturated carbocycles. The van der Waals surface area contributed by atoms with Crippen LogP contribution < -0.4 is 0 Å². The van der Waals surface area contributed by atoms with Crippen LogP contribution in [0.5, 0.6) is 0 Å². The Bertz CT molecular complexity index is 1440. The molecule has 0 bridgehead atoms. The summed E-state index contributed by atoms with van der Waals surface area (Å²) < 4.78 is 8.65. The van der Waals surface area contributed by atoms with Gasteiger partial charge in [0.2, 0.25) is 0 Å². The molecule has 0 aliphatic heterocycles. The topological polar surface area (TPSA) is 18.1 Å². The molecule has 0 amide bonds. The molecule has 0 unspecified atom stereocenters. The van der Waals surface area contributed by atoms with Crippen LogP contribution in [-0.4, -0.2) is 4.57 Å².